The highest BCUT2D eigenvalue weighted by Crippen LogP contribution is 2.20. The molecule has 1 aromatic heterocycles. The summed E-state index contributed by atoms with van der Waals surface area (Å²) in [5, 5.41) is 10.2. The number of aliphatic imine (C=N–C) groups is 1. The van der Waals surface area contributed by atoms with Gasteiger partial charge < -0.3 is 19.9 Å². The van der Waals surface area contributed by atoms with Crippen LogP contribution in [-0.2, 0) is 13.0 Å². The number of alkyl halides is 2. The minimum atomic E-state index is -2.87. The van der Waals surface area contributed by atoms with Gasteiger partial charge in [-0.05, 0) is 13.0 Å². The Morgan fingerprint density at radius 2 is 2.04 bits per heavy atom. The largest absolute Gasteiger partial charge is 0.434 e. The molecule has 0 radical (unpaired) electrons. The minimum absolute atomic E-state index is 0.124. The van der Waals surface area contributed by atoms with Gasteiger partial charge in [0, 0.05) is 31.0 Å². The molecule has 0 aliphatic carbocycles. The van der Waals surface area contributed by atoms with E-state index in [0.717, 1.165) is 0 Å². The predicted molar refractivity (Wildman–Crippen MR) is 98.0 cm³/mol. The first-order chi connectivity index (χ1) is 13.0. The molecule has 7 nitrogen and oxygen atoms in total. The van der Waals surface area contributed by atoms with E-state index in [0.29, 0.717) is 42.7 Å². The lowest BCUT2D eigenvalue weighted by Crippen LogP contribution is -2.38. The van der Waals surface area contributed by atoms with E-state index in [1.165, 1.54) is 6.07 Å². The van der Waals surface area contributed by atoms with Crippen LogP contribution in [-0.4, -0.2) is 35.8 Å². The van der Waals surface area contributed by atoms with Crippen molar-refractivity contribution in [1.82, 2.24) is 20.8 Å². The summed E-state index contributed by atoms with van der Waals surface area (Å²) in [6.07, 6.45) is 0.551. The molecule has 0 unspecified atom stereocenters. The number of benzene rings is 1. The maximum Gasteiger partial charge on any atom is 0.387 e. The highest BCUT2D eigenvalue weighted by atomic mass is 19.3. The average Bonchev–Trinajstić information content (AvgIpc) is 3.09. The number of guanidine groups is 1. The van der Waals surface area contributed by atoms with Crippen molar-refractivity contribution >= 4 is 5.96 Å². The smallest absolute Gasteiger partial charge is 0.387 e. The van der Waals surface area contributed by atoms with Gasteiger partial charge in [0.05, 0.1) is 6.54 Å². The lowest BCUT2D eigenvalue weighted by Gasteiger charge is -2.12. The third-order valence-electron chi connectivity index (χ3n) is 3.57. The Morgan fingerprint density at radius 3 is 2.70 bits per heavy atom. The Labute approximate surface area is 157 Å². The Kier molecular flexibility index (Phi) is 7.97. The zero-order valence-electron chi connectivity index (χ0n) is 15.7. The average molecular weight is 381 g/mol. The van der Waals surface area contributed by atoms with Gasteiger partial charge >= 0.3 is 6.61 Å². The van der Waals surface area contributed by atoms with Gasteiger partial charge in [-0.15, -0.1) is 0 Å². The van der Waals surface area contributed by atoms with Crippen molar-refractivity contribution in [2.24, 2.45) is 4.99 Å². The molecule has 0 saturated heterocycles. The SMILES string of the molecule is CCNC(=NCc1ccccc1OC(F)F)NCCc1nc(C(C)C)no1. The molecule has 0 atom stereocenters. The van der Waals surface area contributed by atoms with Crippen LogP contribution in [0.5, 0.6) is 5.75 Å². The molecule has 0 aliphatic heterocycles. The standard InChI is InChI=1S/C18H25F2N5O2/c1-4-21-18(22-10-9-15-24-16(12(2)3)25-27-15)23-11-13-7-5-6-8-14(13)26-17(19)20/h5-8,12,17H,4,9-11H2,1-3H3,(H2,21,22,23). The monoisotopic (exact) mass is 381 g/mol. The van der Waals surface area contributed by atoms with E-state index in [1.807, 2.05) is 20.8 Å². The summed E-state index contributed by atoms with van der Waals surface area (Å²) in [6, 6.07) is 6.60. The Balaban J connectivity index is 1.94. The van der Waals surface area contributed by atoms with E-state index < -0.39 is 6.61 Å². The quantitative estimate of drug-likeness (QED) is 0.513. The zero-order valence-corrected chi connectivity index (χ0v) is 15.7. The third-order valence-corrected chi connectivity index (χ3v) is 3.57. The molecule has 0 saturated carbocycles. The van der Waals surface area contributed by atoms with Crippen molar-refractivity contribution in [3.63, 3.8) is 0 Å². The second kappa shape index (κ2) is 10.4. The molecule has 0 spiro atoms. The van der Waals surface area contributed by atoms with Crippen molar-refractivity contribution < 1.29 is 18.0 Å². The molecule has 0 aliphatic rings. The lowest BCUT2D eigenvalue weighted by atomic mass is 10.2. The first kappa shape index (κ1) is 20.6. The molecule has 1 heterocycles. The van der Waals surface area contributed by atoms with Gasteiger partial charge in [-0.25, -0.2) is 4.99 Å². The van der Waals surface area contributed by atoms with Crippen molar-refractivity contribution in [2.45, 2.75) is 46.3 Å². The van der Waals surface area contributed by atoms with Crippen LogP contribution >= 0.6 is 0 Å². The summed E-state index contributed by atoms with van der Waals surface area (Å²) >= 11 is 0. The predicted octanol–water partition coefficient (Wildman–Crippen LogP) is 3.09. The van der Waals surface area contributed by atoms with Crippen LogP contribution in [0.25, 0.3) is 0 Å². The van der Waals surface area contributed by atoms with E-state index in [4.69, 9.17) is 4.52 Å². The van der Waals surface area contributed by atoms with E-state index in [9.17, 15) is 8.78 Å². The normalized spacial score (nSPS) is 11.9. The highest BCUT2D eigenvalue weighted by Gasteiger charge is 2.10. The van der Waals surface area contributed by atoms with Gasteiger partial charge in [0.2, 0.25) is 5.89 Å². The second-order valence-corrected chi connectivity index (χ2v) is 6.06. The fourth-order valence-corrected chi connectivity index (χ4v) is 2.24. The highest BCUT2D eigenvalue weighted by molar-refractivity contribution is 5.79. The number of nitrogens with zero attached hydrogens (tertiary/aromatic N) is 3. The van der Waals surface area contributed by atoms with Gasteiger partial charge in [0.15, 0.2) is 11.8 Å². The number of halogens is 2. The topological polar surface area (TPSA) is 84.6 Å². The number of para-hydroxylation sites is 1. The van der Waals surface area contributed by atoms with Crippen LogP contribution in [0.2, 0.25) is 0 Å². The summed E-state index contributed by atoms with van der Waals surface area (Å²) in [7, 11) is 0. The van der Waals surface area contributed by atoms with Crippen LogP contribution in [0, 0.1) is 0 Å². The van der Waals surface area contributed by atoms with Crippen LogP contribution in [0.3, 0.4) is 0 Å². The Hall–Kier alpha value is -2.71. The summed E-state index contributed by atoms with van der Waals surface area (Å²) < 4.78 is 34.7. The fraction of sp³-hybridized carbons (Fsp3) is 0.500. The van der Waals surface area contributed by atoms with E-state index in [1.54, 1.807) is 18.2 Å². The molecule has 0 bridgehead atoms. The van der Waals surface area contributed by atoms with Gasteiger partial charge in [-0.1, -0.05) is 37.2 Å². The van der Waals surface area contributed by atoms with Crippen LogP contribution in [0.15, 0.2) is 33.8 Å². The van der Waals surface area contributed by atoms with Crippen LogP contribution < -0.4 is 15.4 Å². The van der Waals surface area contributed by atoms with E-state index in [2.05, 4.69) is 30.5 Å². The third kappa shape index (κ3) is 6.84. The maximum absolute atomic E-state index is 12.5. The summed E-state index contributed by atoms with van der Waals surface area (Å²) in [4.78, 5) is 8.74. The molecular weight excluding hydrogens is 356 g/mol. The van der Waals surface area contributed by atoms with Crippen molar-refractivity contribution in [3.05, 3.63) is 41.5 Å². The Morgan fingerprint density at radius 1 is 1.26 bits per heavy atom. The summed E-state index contributed by atoms with van der Waals surface area (Å²) in [5.74, 6) is 2.14. The number of hydrogen-bond acceptors (Lipinski definition) is 5. The molecule has 0 amide bonds. The van der Waals surface area contributed by atoms with Gasteiger partial charge in [0.25, 0.3) is 0 Å². The summed E-state index contributed by atoms with van der Waals surface area (Å²) in [6.45, 7) is 4.48. The first-order valence-electron chi connectivity index (χ1n) is 8.87. The number of nitrogens with one attached hydrogen (secondary N) is 2. The van der Waals surface area contributed by atoms with Crippen LogP contribution in [0.1, 0.15) is 44.0 Å². The molecule has 2 rings (SSSR count). The Bertz CT molecular complexity index is 734. The van der Waals surface area contributed by atoms with E-state index in [-0.39, 0.29) is 18.2 Å². The van der Waals surface area contributed by atoms with Crippen molar-refractivity contribution in [2.75, 3.05) is 13.1 Å². The lowest BCUT2D eigenvalue weighted by molar-refractivity contribution is -0.0504. The van der Waals surface area contributed by atoms with Crippen molar-refractivity contribution in [1.29, 1.82) is 0 Å². The molecule has 9 heteroatoms. The number of hydrogen-bond donors (Lipinski definition) is 2. The maximum atomic E-state index is 12.5. The number of aromatic nitrogens is 2. The molecule has 27 heavy (non-hydrogen) atoms. The fourth-order valence-electron chi connectivity index (χ4n) is 2.24. The van der Waals surface area contributed by atoms with Crippen LogP contribution in [0.4, 0.5) is 8.78 Å². The van der Waals surface area contributed by atoms with Gasteiger partial charge in [-0.2, -0.15) is 13.8 Å². The molecule has 1 aromatic carbocycles. The zero-order chi connectivity index (χ0) is 19.6. The van der Waals surface area contributed by atoms with E-state index >= 15 is 0 Å². The van der Waals surface area contributed by atoms with Crippen molar-refractivity contribution in [3.8, 4) is 5.75 Å². The number of ether oxygens (including phenoxy) is 1. The van der Waals surface area contributed by atoms with Gasteiger partial charge in [-0.3, -0.25) is 0 Å². The summed E-state index contributed by atoms with van der Waals surface area (Å²) in [5.41, 5.74) is 0.577. The molecule has 0 fully saturated rings. The molecule has 2 N–H and O–H groups in total. The first-order valence-corrected chi connectivity index (χ1v) is 8.87. The minimum Gasteiger partial charge on any atom is -0.434 e. The molecule has 148 valence electrons. The number of rotatable bonds is 9. The molecular formula is C18H25F2N5O2. The molecule has 2 aromatic rings. The van der Waals surface area contributed by atoms with Gasteiger partial charge in [0.1, 0.15) is 5.75 Å². The second-order valence-electron chi connectivity index (χ2n) is 6.06.